The van der Waals surface area contributed by atoms with Gasteiger partial charge in [-0.05, 0) is 41.5 Å². The summed E-state index contributed by atoms with van der Waals surface area (Å²) in [6, 6.07) is 29.6. The van der Waals surface area contributed by atoms with Crippen LogP contribution in [0.15, 0.2) is 123 Å². The predicted octanol–water partition coefficient (Wildman–Crippen LogP) is 6.08. The fourth-order valence-electron chi connectivity index (χ4n) is 4.39. The van der Waals surface area contributed by atoms with Gasteiger partial charge in [-0.25, -0.2) is 4.79 Å². The number of hydrogen-bond acceptors (Lipinski definition) is 6. The van der Waals surface area contributed by atoms with E-state index in [9.17, 15) is 18.0 Å². The van der Waals surface area contributed by atoms with Crippen LogP contribution in [0, 0.1) is 0 Å². The van der Waals surface area contributed by atoms with Crippen molar-refractivity contribution < 1.29 is 21.8 Å². The van der Waals surface area contributed by atoms with Gasteiger partial charge in [0.15, 0.2) is 0 Å². The molecule has 5 aromatic rings. The molecule has 0 unspecified atom stereocenters. The molecular weight excluding hydrogens is 538 g/mol. The van der Waals surface area contributed by atoms with Crippen LogP contribution in [0.4, 0.5) is 0 Å². The standard InChI is InChI=1S/C30H22ClNO6S/c1-32(29(20-9-4-2-5-10-20)21-11-6-3-7-12-21)30(34)26-19-28(33)37-27-18-23(15-16-25(26)27)38-39(35,36)24-14-8-13-22(31)17-24/h2-19,29H,1H3. The summed E-state index contributed by atoms with van der Waals surface area (Å²) >= 11 is 5.92. The first-order valence-corrected chi connectivity index (χ1v) is 13.7. The van der Waals surface area contributed by atoms with Crippen LogP contribution in [0.1, 0.15) is 27.5 Å². The maximum absolute atomic E-state index is 13.8. The van der Waals surface area contributed by atoms with Crippen molar-refractivity contribution in [2.45, 2.75) is 10.9 Å². The van der Waals surface area contributed by atoms with E-state index in [1.165, 1.54) is 36.4 Å². The molecular formula is C30H22ClNO6S. The Morgan fingerprint density at radius 2 is 1.49 bits per heavy atom. The van der Waals surface area contributed by atoms with E-state index in [-0.39, 0.29) is 26.8 Å². The summed E-state index contributed by atoms with van der Waals surface area (Å²) < 4.78 is 36.0. The van der Waals surface area contributed by atoms with Crippen molar-refractivity contribution >= 4 is 38.6 Å². The van der Waals surface area contributed by atoms with E-state index in [1.54, 1.807) is 18.0 Å². The Kier molecular flexibility index (Phi) is 7.24. The van der Waals surface area contributed by atoms with Crippen LogP contribution < -0.4 is 9.81 Å². The molecule has 1 amide bonds. The number of carbonyl (C=O) groups excluding carboxylic acids is 1. The van der Waals surface area contributed by atoms with E-state index >= 15 is 0 Å². The molecule has 0 aliphatic carbocycles. The van der Waals surface area contributed by atoms with Crippen molar-refractivity contribution in [3.8, 4) is 5.75 Å². The Morgan fingerprint density at radius 1 is 0.846 bits per heavy atom. The number of carbonyl (C=O) groups is 1. The zero-order valence-corrected chi connectivity index (χ0v) is 22.2. The largest absolute Gasteiger partial charge is 0.423 e. The highest BCUT2D eigenvalue weighted by Gasteiger charge is 2.27. The maximum Gasteiger partial charge on any atom is 0.339 e. The first-order chi connectivity index (χ1) is 18.7. The third kappa shape index (κ3) is 5.57. The molecule has 0 bridgehead atoms. The van der Waals surface area contributed by atoms with Crippen LogP contribution in [0.2, 0.25) is 5.02 Å². The third-order valence-corrected chi connectivity index (χ3v) is 7.65. The number of fused-ring (bicyclic) bond motifs is 1. The Morgan fingerprint density at radius 3 is 2.10 bits per heavy atom. The van der Waals surface area contributed by atoms with Crippen LogP contribution in [0.3, 0.4) is 0 Å². The maximum atomic E-state index is 13.8. The van der Waals surface area contributed by atoms with Gasteiger partial charge in [-0.2, -0.15) is 8.42 Å². The lowest BCUT2D eigenvalue weighted by atomic mass is 9.96. The van der Waals surface area contributed by atoms with Gasteiger partial charge in [0.25, 0.3) is 5.91 Å². The lowest BCUT2D eigenvalue weighted by Crippen LogP contribution is -2.32. The van der Waals surface area contributed by atoms with Gasteiger partial charge in [-0.15, -0.1) is 0 Å². The van der Waals surface area contributed by atoms with Crippen LogP contribution in [0.25, 0.3) is 11.0 Å². The van der Waals surface area contributed by atoms with Crippen molar-refractivity contribution in [3.05, 3.63) is 141 Å². The fourth-order valence-corrected chi connectivity index (χ4v) is 5.61. The van der Waals surface area contributed by atoms with Gasteiger partial charge in [0.1, 0.15) is 16.2 Å². The average Bonchev–Trinajstić information content (AvgIpc) is 2.93. The van der Waals surface area contributed by atoms with Crippen molar-refractivity contribution in [2.24, 2.45) is 0 Å². The van der Waals surface area contributed by atoms with E-state index in [0.29, 0.717) is 5.39 Å². The molecule has 0 saturated heterocycles. The second kappa shape index (κ2) is 10.8. The van der Waals surface area contributed by atoms with Crippen molar-refractivity contribution in [3.63, 3.8) is 0 Å². The zero-order chi connectivity index (χ0) is 27.6. The molecule has 196 valence electrons. The highest BCUT2D eigenvalue weighted by molar-refractivity contribution is 7.87. The number of halogens is 1. The molecule has 0 aliphatic heterocycles. The average molecular weight is 560 g/mol. The number of rotatable bonds is 7. The molecule has 0 spiro atoms. The number of hydrogen-bond donors (Lipinski definition) is 0. The summed E-state index contributed by atoms with van der Waals surface area (Å²) in [6.07, 6.45) is 0. The molecule has 0 aliphatic rings. The minimum Gasteiger partial charge on any atom is -0.423 e. The Hall–Kier alpha value is -4.40. The first-order valence-electron chi connectivity index (χ1n) is 11.9. The summed E-state index contributed by atoms with van der Waals surface area (Å²) in [5, 5.41) is 0.569. The van der Waals surface area contributed by atoms with Crippen molar-refractivity contribution in [1.29, 1.82) is 0 Å². The van der Waals surface area contributed by atoms with Gasteiger partial charge in [0, 0.05) is 29.6 Å². The normalized spacial score (nSPS) is 11.5. The first kappa shape index (κ1) is 26.2. The predicted molar refractivity (Wildman–Crippen MR) is 149 cm³/mol. The second-order valence-corrected chi connectivity index (χ2v) is 10.8. The van der Waals surface area contributed by atoms with Gasteiger partial charge >= 0.3 is 15.7 Å². The fraction of sp³-hybridized carbons (Fsp3) is 0.0667. The number of benzene rings is 4. The quantitative estimate of drug-likeness (QED) is 0.177. The van der Waals surface area contributed by atoms with E-state index < -0.39 is 27.7 Å². The van der Waals surface area contributed by atoms with Gasteiger partial charge in [-0.1, -0.05) is 78.3 Å². The molecule has 1 heterocycles. The minimum atomic E-state index is -4.21. The molecule has 39 heavy (non-hydrogen) atoms. The SMILES string of the molecule is CN(C(=O)c1cc(=O)oc2cc(OS(=O)(=O)c3cccc(Cl)c3)ccc12)C(c1ccccc1)c1ccccc1. The topological polar surface area (TPSA) is 93.9 Å². The molecule has 1 aromatic heterocycles. The Labute approximate surface area is 230 Å². The molecule has 9 heteroatoms. The summed E-state index contributed by atoms with van der Waals surface area (Å²) in [4.78, 5) is 27.8. The summed E-state index contributed by atoms with van der Waals surface area (Å²) in [5.74, 6) is -0.499. The van der Waals surface area contributed by atoms with Crippen LogP contribution in [0.5, 0.6) is 5.75 Å². The molecule has 0 radical (unpaired) electrons. The van der Waals surface area contributed by atoms with Gasteiger partial charge < -0.3 is 13.5 Å². The summed E-state index contributed by atoms with van der Waals surface area (Å²) in [7, 11) is -2.54. The smallest absolute Gasteiger partial charge is 0.339 e. The molecule has 0 fully saturated rings. The number of nitrogens with zero attached hydrogens (tertiary/aromatic N) is 1. The zero-order valence-electron chi connectivity index (χ0n) is 20.7. The van der Waals surface area contributed by atoms with Crippen LogP contribution in [-0.2, 0) is 10.1 Å². The van der Waals surface area contributed by atoms with Gasteiger partial charge in [0.2, 0.25) is 0 Å². The molecule has 0 atom stereocenters. The second-order valence-electron chi connectivity index (χ2n) is 8.77. The van der Waals surface area contributed by atoms with Crippen LogP contribution in [-0.4, -0.2) is 26.3 Å². The van der Waals surface area contributed by atoms with Crippen LogP contribution >= 0.6 is 11.6 Å². The van der Waals surface area contributed by atoms with E-state index in [2.05, 4.69) is 0 Å². The molecule has 7 nitrogen and oxygen atoms in total. The molecule has 4 aromatic carbocycles. The van der Waals surface area contributed by atoms with Crippen molar-refractivity contribution in [2.75, 3.05) is 7.05 Å². The van der Waals surface area contributed by atoms with E-state index in [1.807, 2.05) is 60.7 Å². The summed E-state index contributed by atoms with van der Waals surface area (Å²) in [6.45, 7) is 0. The van der Waals surface area contributed by atoms with Gasteiger partial charge in [-0.3, -0.25) is 4.79 Å². The van der Waals surface area contributed by atoms with Gasteiger partial charge in [0.05, 0.1) is 11.6 Å². The lowest BCUT2D eigenvalue weighted by molar-refractivity contribution is 0.0756. The lowest BCUT2D eigenvalue weighted by Gasteiger charge is -2.29. The monoisotopic (exact) mass is 559 g/mol. The number of amides is 1. The Bertz CT molecular complexity index is 1780. The Balaban J connectivity index is 1.52. The highest BCUT2D eigenvalue weighted by atomic mass is 35.5. The molecule has 0 saturated carbocycles. The third-order valence-electron chi connectivity index (χ3n) is 6.18. The van der Waals surface area contributed by atoms with E-state index in [4.69, 9.17) is 20.2 Å². The molecule has 5 rings (SSSR count). The van der Waals surface area contributed by atoms with Crippen molar-refractivity contribution in [1.82, 2.24) is 4.90 Å². The summed E-state index contributed by atoms with van der Waals surface area (Å²) in [5.41, 5.74) is 1.16. The highest BCUT2D eigenvalue weighted by Crippen LogP contribution is 2.31. The minimum absolute atomic E-state index is 0.00835. The van der Waals surface area contributed by atoms with E-state index in [0.717, 1.165) is 17.2 Å². The molecule has 0 N–H and O–H groups in total.